The van der Waals surface area contributed by atoms with E-state index in [4.69, 9.17) is 16.8 Å². The van der Waals surface area contributed by atoms with Crippen LogP contribution in [-0.4, -0.2) is 15.9 Å². The van der Waals surface area contributed by atoms with E-state index >= 15 is 0 Å². The van der Waals surface area contributed by atoms with Crippen molar-refractivity contribution in [3.05, 3.63) is 64.4 Å². The molecule has 0 aliphatic heterocycles. The summed E-state index contributed by atoms with van der Waals surface area (Å²) in [6, 6.07) is 11.7. The summed E-state index contributed by atoms with van der Waals surface area (Å²) in [6.45, 7) is 1.67. The molecule has 0 aliphatic rings. The van der Waals surface area contributed by atoms with Gasteiger partial charge in [-0.3, -0.25) is 4.98 Å². The predicted octanol–water partition coefficient (Wildman–Crippen LogP) is 4.10. The van der Waals surface area contributed by atoms with Crippen LogP contribution in [0.3, 0.4) is 0 Å². The molecule has 2 aromatic rings. The van der Waals surface area contributed by atoms with Crippen LogP contribution in [0.1, 0.15) is 23.7 Å². The Morgan fingerprint density at radius 3 is 2.63 bits per heavy atom. The highest BCUT2D eigenvalue weighted by atomic mass is 35.5. The van der Waals surface area contributed by atoms with Gasteiger partial charge >= 0.3 is 0 Å². The van der Waals surface area contributed by atoms with Crippen molar-refractivity contribution in [3.8, 4) is 0 Å². The predicted molar refractivity (Wildman–Crippen MR) is 78.6 cm³/mol. The van der Waals surface area contributed by atoms with Crippen LogP contribution in [0.25, 0.3) is 12.2 Å². The van der Waals surface area contributed by atoms with E-state index in [1.807, 2.05) is 42.5 Å². The van der Waals surface area contributed by atoms with Crippen LogP contribution >= 0.6 is 11.6 Å². The van der Waals surface area contributed by atoms with E-state index in [1.54, 1.807) is 19.2 Å². The lowest BCUT2D eigenvalue weighted by molar-refractivity contribution is 0.319. The van der Waals surface area contributed by atoms with E-state index in [2.05, 4.69) is 10.1 Å². The van der Waals surface area contributed by atoms with Gasteiger partial charge < -0.3 is 5.21 Å². The molecule has 1 heterocycles. The highest BCUT2D eigenvalue weighted by Crippen LogP contribution is 2.18. The van der Waals surface area contributed by atoms with Crippen LogP contribution in [0.4, 0.5) is 0 Å². The normalized spacial score (nSPS) is 12.0. The molecule has 0 amide bonds. The zero-order valence-electron chi connectivity index (χ0n) is 10.4. The molecule has 0 aliphatic carbocycles. The molecule has 0 saturated heterocycles. The fourth-order valence-corrected chi connectivity index (χ4v) is 1.90. The number of aromatic nitrogens is 1. The third-order valence-electron chi connectivity index (χ3n) is 2.66. The topological polar surface area (TPSA) is 45.5 Å². The molecule has 0 atom stereocenters. The first-order valence-electron chi connectivity index (χ1n) is 5.78. The van der Waals surface area contributed by atoms with Crippen molar-refractivity contribution in [1.29, 1.82) is 0 Å². The number of nitrogens with zero attached hydrogens (tertiary/aromatic N) is 2. The van der Waals surface area contributed by atoms with Gasteiger partial charge in [0.25, 0.3) is 0 Å². The van der Waals surface area contributed by atoms with Crippen molar-refractivity contribution >= 4 is 29.5 Å². The minimum Gasteiger partial charge on any atom is -0.411 e. The van der Waals surface area contributed by atoms with Crippen molar-refractivity contribution in [2.24, 2.45) is 5.16 Å². The Morgan fingerprint density at radius 2 is 2.00 bits per heavy atom. The first-order valence-corrected chi connectivity index (χ1v) is 6.16. The van der Waals surface area contributed by atoms with E-state index in [0.717, 1.165) is 11.3 Å². The first-order chi connectivity index (χ1) is 9.20. The third-order valence-corrected chi connectivity index (χ3v) is 2.97. The number of pyridine rings is 1. The van der Waals surface area contributed by atoms with Gasteiger partial charge in [0.05, 0.1) is 16.4 Å². The highest BCUT2D eigenvalue weighted by molar-refractivity contribution is 6.34. The minimum absolute atomic E-state index is 0.441. The minimum atomic E-state index is 0.441. The number of hydrogen-bond acceptors (Lipinski definition) is 3. The fourth-order valence-electron chi connectivity index (χ4n) is 1.60. The summed E-state index contributed by atoms with van der Waals surface area (Å²) >= 11 is 6.12. The summed E-state index contributed by atoms with van der Waals surface area (Å²) in [6.07, 6.45) is 5.45. The van der Waals surface area contributed by atoms with Crippen LogP contribution < -0.4 is 0 Å². The van der Waals surface area contributed by atoms with E-state index in [0.29, 0.717) is 16.3 Å². The summed E-state index contributed by atoms with van der Waals surface area (Å²) in [7, 11) is 0. The number of hydrogen-bond donors (Lipinski definition) is 1. The van der Waals surface area contributed by atoms with Gasteiger partial charge in [-0.25, -0.2) is 0 Å². The van der Waals surface area contributed by atoms with Crippen molar-refractivity contribution in [2.75, 3.05) is 0 Å². The molecule has 0 bridgehead atoms. The van der Waals surface area contributed by atoms with Gasteiger partial charge in [0, 0.05) is 11.8 Å². The van der Waals surface area contributed by atoms with Crippen LogP contribution in [0.5, 0.6) is 0 Å². The maximum Gasteiger partial charge on any atom is 0.0867 e. The van der Waals surface area contributed by atoms with E-state index in [-0.39, 0.29) is 0 Å². The molecule has 1 N–H and O–H groups in total. The standard InChI is InChI=1S/C15H13ClN2O/c1-11(18-19)14-10-17-13(9-15(14)16)8-7-12-5-3-2-4-6-12/h2-10,19H,1H3/b8-7+,18-11-. The third kappa shape index (κ3) is 3.42. The fraction of sp³-hybridized carbons (Fsp3) is 0.0667. The quantitative estimate of drug-likeness (QED) is 0.519. The largest absolute Gasteiger partial charge is 0.411 e. The second-order valence-electron chi connectivity index (χ2n) is 4.02. The SMILES string of the molecule is C/C(=N/O)c1cnc(/C=C/c2ccccc2)cc1Cl. The molecule has 19 heavy (non-hydrogen) atoms. The Hall–Kier alpha value is -2.13. The summed E-state index contributed by atoms with van der Waals surface area (Å²) in [5.41, 5.74) is 2.91. The zero-order valence-corrected chi connectivity index (χ0v) is 11.2. The second-order valence-corrected chi connectivity index (χ2v) is 4.43. The Kier molecular flexibility index (Phi) is 4.31. The molecule has 1 aromatic heterocycles. The van der Waals surface area contributed by atoms with Crippen LogP contribution in [0, 0.1) is 0 Å². The molecule has 0 unspecified atom stereocenters. The van der Waals surface area contributed by atoms with Gasteiger partial charge in [0.15, 0.2) is 0 Å². The molecular weight excluding hydrogens is 260 g/mol. The average Bonchev–Trinajstić information content (AvgIpc) is 2.45. The van der Waals surface area contributed by atoms with Crippen molar-refractivity contribution < 1.29 is 5.21 Å². The molecular formula is C15H13ClN2O. The van der Waals surface area contributed by atoms with E-state index in [1.165, 1.54) is 0 Å². The smallest absolute Gasteiger partial charge is 0.0867 e. The van der Waals surface area contributed by atoms with Gasteiger partial charge in [-0.1, -0.05) is 53.2 Å². The summed E-state index contributed by atoms with van der Waals surface area (Å²) < 4.78 is 0. The molecule has 1 aromatic carbocycles. The number of benzene rings is 1. The molecule has 4 heteroatoms. The van der Waals surface area contributed by atoms with Crippen molar-refractivity contribution in [1.82, 2.24) is 4.98 Å². The summed E-state index contributed by atoms with van der Waals surface area (Å²) in [4.78, 5) is 4.26. The van der Waals surface area contributed by atoms with Gasteiger partial charge in [-0.05, 0) is 24.6 Å². The number of halogens is 1. The average molecular weight is 273 g/mol. The van der Waals surface area contributed by atoms with Crippen LogP contribution in [0.2, 0.25) is 5.02 Å². The molecule has 0 fully saturated rings. The van der Waals surface area contributed by atoms with E-state index < -0.39 is 0 Å². The maximum atomic E-state index is 8.72. The number of oxime groups is 1. The van der Waals surface area contributed by atoms with Crippen LogP contribution in [-0.2, 0) is 0 Å². The monoisotopic (exact) mass is 272 g/mol. The summed E-state index contributed by atoms with van der Waals surface area (Å²) in [5, 5.41) is 12.4. The molecule has 0 radical (unpaired) electrons. The molecule has 0 saturated carbocycles. The Bertz CT molecular complexity index is 621. The second kappa shape index (κ2) is 6.16. The van der Waals surface area contributed by atoms with Crippen molar-refractivity contribution in [2.45, 2.75) is 6.92 Å². The van der Waals surface area contributed by atoms with Gasteiger partial charge in [0.1, 0.15) is 0 Å². The Morgan fingerprint density at radius 1 is 1.26 bits per heavy atom. The Balaban J connectivity index is 2.24. The molecule has 0 spiro atoms. The lowest BCUT2D eigenvalue weighted by Crippen LogP contribution is -1.97. The van der Waals surface area contributed by atoms with Gasteiger partial charge in [-0.2, -0.15) is 0 Å². The molecule has 96 valence electrons. The lowest BCUT2D eigenvalue weighted by atomic mass is 10.1. The summed E-state index contributed by atoms with van der Waals surface area (Å²) in [5.74, 6) is 0. The Labute approximate surface area is 116 Å². The van der Waals surface area contributed by atoms with Crippen molar-refractivity contribution in [3.63, 3.8) is 0 Å². The zero-order chi connectivity index (χ0) is 13.7. The van der Waals surface area contributed by atoms with Gasteiger partial charge in [0.2, 0.25) is 0 Å². The highest BCUT2D eigenvalue weighted by Gasteiger charge is 2.05. The van der Waals surface area contributed by atoms with Gasteiger partial charge in [-0.15, -0.1) is 0 Å². The lowest BCUT2D eigenvalue weighted by Gasteiger charge is -2.02. The molecule has 3 nitrogen and oxygen atoms in total. The van der Waals surface area contributed by atoms with E-state index in [9.17, 15) is 0 Å². The van der Waals surface area contributed by atoms with Crippen LogP contribution in [0.15, 0.2) is 47.8 Å². The molecule has 2 rings (SSSR count). The number of rotatable bonds is 3. The first kappa shape index (κ1) is 13.3. The maximum absolute atomic E-state index is 8.72.